The third-order valence-electron chi connectivity index (χ3n) is 2.52. The first kappa shape index (κ1) is 13.0. The van der Waals surface area contributed by atoms with Gasteiger partial charge in [-0.3, -0.25) is 9.78 Å². The molecule has 1 fully saturated rings. The van der Waals surface area contributed by atoms with E-state index in [2.05, 4.69) is 26.2 Å². The van der Waals surface area contributed by atoms with Crippen molar-refractivity contribution in [2.45, 2.75) is 31.9 Å². The molecule has 0 aliphatic heterocycles. The Morgan fingerprint density at radius 3 is 2.83 bits per heavy atom. The average molecular weight is 313 g/mol. The normalized spacial score (nSPS) is 15.9. The lowest BCUT2D eigenvalue weighted by Gasteiger charge is -2.13. The van der Waals surface area contributed by atoms with Gasteiger partial charge in [-0.15, -0.1) is 0 Å². The van der Waals surface area contributed by atoms with E-state index in [4.69, 9.17) is 4.74 Å². The Balaban J connectivity index is 1.91. The van der Waals surface area contributed by atoms with Gasteiger partial charge in [-0.05, 0) is 41.8 Å². The van der Waals surface area contributed by atoms with E-state index in [1.807, 2.05) is 0 Å². The topological polar surface area (TPSA) is 68.3 Å². The highest BCUT2D eigenvalue weighted by atomic mass is 79.9. The largest absolute Gasteiger partial charge is 0.449 e. The third-order valence-corrected chi connectivity index (χ3v) is 2.95. The second kappa shape index (κ2) is 5.48. The van der Waals surface area contributed by atoms with Crippen LogP contribution in [0.3, 0.4) is 0 Å². The molecule has 1 aromatic rings. The monoisotopic (exact) mass is 312 g/mol. The van der Waals surface area contributed by atoms with Gasteiger partial charge in [0, 0.05) is 22.9 Å². The molecule has 0 saturated heterocycles. The van der Waals surface area contributed by atoms with Crippen LogP contribution in [-0.4, -0.2) is 29.0 Å². The maximum Gasteiger partial charge on any atom is 0.340 e. The number of amides is 1. The number of rotatable bonds is 4. The minimum absolute atomic E-state index is 0.256. The van der Waals surface area contributed by atoms with Gasteiger partial charge >= 0.3 is 5.97 Å². The molecular weight excluding hydrogens is 300 g/mol. The number of pyridine rings is 1. The Labute approximate surface area is 113 Å². The maximum absolute atomic E-state index is 11.8. The van der Waals surface area contributed by atoms with E-state index in [9.17, 15) is 9.59 Å². The number of halogens is 1. The summed E-state index contributed by atoms with van der Waals surface area (Å²) in [6.07, 6.45) is 4.18. The van der Waals surface area contributed by atoms with Gasteiger partial charge in [-0.2, -0.15) is 0 Å². The first-order valence-electron chi connectivity index (χ1n) is 5.68. The van der Waals surface area contributed by atoms with Gasteiger partial charge in [0.25, 0.3) is 5.91 Å². The number of hydrogen-bond acceptors (Lipinski definition) is 4. The van der Waals surface area contributed by atoms with E-state index in [0.29, 0.717) is 10.0 Å². The number of ether oxygens (including phenoxy) is 1. The van der Waals surface area contributed by atoms with Gasteiger partial charge < -0.3 is 10.1 Å². The molecule has 18 heavy (non-hydrogen) atoms. The molecule has 6 heteroatoms. The minimum atomic E-state index is -0.794. The quantitative estimate of drug-likeness (QED) is 0.859. The van der Waals surface area contributed by atoms with Crippen LogP contribution in [0.2, 0.25) is 0 Å². The van der Waals surface area contributed by atoms with Gasteiger partial charge in [0.1, 0.15) is 0 Å². The van der Waals surface area contributed by atoms with Crippen molar-refractivity contribution in [2.75, 3.05) is 0 Å². The lowest BCUT2D eigenvalue weighted by molar-refractivity contribution is -0.129. The van der Waals surface area contributed by atoms with Gasteiger partial charge in [-0.25, -0.2) is 4.79 Å². The molecule has 1 atom stereocenters. The predicted octanol–water partition coefficient (Wildman–Crippen LogP) is 1.67. The van der Waals surface area contributed by atoms with Crippen molar-refractivity contribution in [3.8, 4) is 0 Å². The standard InChI is InChI=1S/C12H13BrN2O3/c1-7(11(16)15-10-2-3-10)18-12(17)8-4-9(13)6-14-5-8/h4-7,10H,2-3H2,1H3,(H,15,16)/t7-/m0/s1. The predicted molar refractivity (Wildman–Crippen MR) is 68.0 cm³/mol. The van der Waals surface area contributed by atoms with E-state index in [0.717, 1.165) is 12.8 Å². The summed E-state index contributed by atoms with van der Waals surface area (Å²) in [7, 11) is 0. The Kier molecular flexibility index (Phi) is 3.96. The Bertz CT molecular complexity index is 474. The highest BCUT2D eigenvalue weighted by molar-refractivity contribution is 9.10. The summed E-state index contributed by atoms with van der Waals surface area (Å²) in [5.41, 5.74) is 0.315. The Morgan fingerprint density at radius 1 is 1.50 bits per heavy atom. The van der Waals surface area contributed by atoms with E-state index in [-0.39, 0.29) is 11.9 Å². The number of nitrogens with one attached hydrogen (secondary N) is 1. The summed E-state index contributed by atoms with van der Waals surface area (Å²) in [5, 5.41) is 2.78. The zero-order valence-electron chi connectivity index (χ0n) is 9.85. The fourth-order valence-corrected chi connectivity index (χ4v) is 1.72. The number of carbonyl (C=O) groups excluding carboxylic acids is 2. The number of esters is 1. The molecule has 0 aromatic carbocycles. The van der Waals surface area contributed by atoms with Crippen molar-refractivity contribution in [2.24, 2.45) is 0 Å². The van der Waals surface area contributed by atoms with Crippen LogP contribution in [-0.2, 0) is 9.53 Å². The third kappa shape index (κ3) is 3.53. The minimum Gasteiger partial charge on any atom is -0.449 e. The fraction of sp³-hybridized carbons (Fsp3) is 0.417. The van der Waals surface area contributed by atoms with Crippen LogP contribution in [0, 0.1) is 0 Å². The molecule has 0 bridgehead atoms. The Morgan fingerprint density at radius 2 is 2.22 bits per heavy atom. The van der Waals surface area contributed by atoms with Crippen LogP contribution in [0.15, 0.2) is 22.9 Å². The Hall–Kier alpha value is -1.43. The molecule has 1 aliphatic carbocycles. The summed E-state index contributed by atoms with van der Waals surface area (Å²) in [4.78, 5) is 27.2. The molecule has 1 heterocycles. The molecule has 0 unspecified atom stereocenters. The van der Waals surface area contributed by atoms with Gasteiger partial charge in [0.15, 0.2) is 6.10 Å². The van der Waals surface area contributed by atoms with Crippen molar-refractivity contribution in [1.29, 1.82) is 0 Å². The second-order valence-corrected chi connectivity index (χ2v) is 5.14. The first-order chi connectivity index (χ1) is 8.56. The summed E-state index contributed by atoms with van der Waals surface area (Å²) in [6, 6.07) is 1.85. The molecule has 1 aromatic heterocycles. The number of hydrogen-bond donors (Lipinski definition) is 1. The first-order valence-corrected chi connectivity index (χ1v) is 6.47. The van der Waals surface area contributed by atoms with Gasteiger partial charge in [-0.1, -0.05) is 0 Å². The molecule has 1 amide bonds. The van der Waals surface area contributed by atoms with E-state index < -0.39 is 12.1 Å². The summed E-state index contributed by atoms with van der Waals surface area (Å²) < 4.78 is 5.76. The maximum atomic E-state index is 11.8. The number of carbonyl (C=O) groups is 2. The van der Waals surface area contributed by atoms with Crippen molar-refractivity contribution in [1.82, 2.24) is 10.3 Å². The van der Waals surface area contributed by atoms with Gasteiger partial charge in [0.05, 0.1) is 5.56 Å². The van der Waals surface area contributed by atoms with Crippen LogP contribution >= 0.6 is 15.9 Å². The van der Waals surface area contributed by atoms with Crippen molar-refractivity contribution >= 4 is 27.8 Å². The van der Waals surface area contributed by atoms with E-state index in [1.54, 1.807) is 19.2 Å². The highest BCUT2D eigenvalue weighted by Crippen LogP contribution is 2.19. The van der Waals surface area contributed by atoms with E-state index in [1.165, 1.54) is 6.20 Å². The van der Waals surface area contributed by atoms with E-state index >= 15 is 0 Å². The van der Waals surface area contributed by atoms with Crippen LogP contribution in [0.25, 0.3) is 0 Å². The molecule has 2 rings (SSSR count). The van der Waals surface area contributed by atoms with Crippen molar-refractivity contribution in [3.05, 3.63) is 28.5 Å². The van der Waals surface area contributed by atoms with Crippen LogP contribution < -0.4 is 5.32 Å². The van der Waals surface area contributed by atoms with Crippen LogP contribution in [0.5, 0.6) is 0 Å². The summed E-state index contributed by atoms with van der Waals surface area (Å²) in [6.45, 7) is 1.56. The van der Waals surface area contributed by atoms with Gasteiger partial charge in [0.2, 0.25) is 0 Å². The molecular formula is C12H13BrN2O3. The molecule has 1 N–H and O–H groups in total. The fourth-order valence-electron chi connectivity index (χ4n) is 1.35. The van der Waals surface area contributed by atoms with Crippen LogP contribution in [0.4, 0.5) is 0 Å². The zero-order chi connectivity index (χ0) is 13.1. The molecule has 1 saturated carbocycles. The smallest absolute Gasteiger partial charge is 0.340 e. The molecule has 96 valence electrons. The molecule has 0 radical (unpaired) electrons. The van der Waals surface area contributed by atoms with Crippen molar-refractivity contribution in [3.63, 3.8) is 0 Å². The number of nitrogens with zero attached hydrogens (tertiary/aromatic N) is 1. The zero-order valence-corrected chi connectivity index (χ0v) is 11.4. The average Bonchev–Trinajstić information content (AvgIpc) is 3.12. The second-order valence-electron chi connectivity index (χ2n) is 4.22. The lowest BCUT2D eigenvalue weighted by atomic mass is 10.3. The SMILES string of the molecule is C[C@H](OC(=O)c1cncc(Br)c1)C(=O)NC1CC1. The summed E-state index contributed by atoms with van der Waals surface area (Å²) in [5.74, 6) is -0.809. The number of aromatic nitrogens is 1. The lowest BCUT2D eigenvalue weighted by Crippen LogP contribution is -2.37. The molecule has 0 spiro atoms. The summed E-state index contributed by atoms with van der Waals surface area (Å²) >= 11 is 3.22. The highest BCUT2D eigenvalue weighted by Gasteiger charge is 2.27. The van der Waals surface area contributed by atoms with Crippen LogP contribution in [0.1, 0.15) is 30.1 Å². The molecule has 5 nitrogen and oxygen atoms in total. The molecule has 1 aliphatic rings. The van der Waals surface area contributed by atoms with Crippen molar-refractivity contribution < 1.29 is 14.3 Å².